The van der Waals surface area contributed by atoms with Crippen molar-refractivity contribution in [2.45, 2.75) is 25.3 Å². The molecule has 2 rings (SSSR count). The highest BCUT2D eigenvalue weighted by molar-refractivity contribution is 5.45. The van der Waals surface area contributed by atoms with Crippen molar-refractivity contribution in [3.63, 3.8) is 0 Å². The Morgan fingerprint density at radius 2 is 1.88 bits per heavy atom. The predicted molar refractivity (Wildman–Crippen MR) is 64.7 cm³/mol. The lowest BCUT2D eigenvalue weighted by molar-refractivity contribution is 0.0904. The zero-order valence-electron chi connectivity index (χ0n) is 9.48. The smallest absolute Gasteiger partial charge is 0.0485 e. The van der Waals surface area contributed by atoms with E-state index in [4.69, 9.17) is 9.84 Å². The largest absolute Gasteiger partial charge is 0.396 e. The minimum Gasteiger partial charge on any atom is -0.396 e. The molecule has 88 valence electrons. The van der Waals surface area contributed by atoms with Crippen LogP contribution in [0.15, 0.2) is 24.3 Å². The first-order chi connectivity index (χ1) is 7.88. The van der Waals surface area contributed by atoms with Crippen molar-refractivity contribution in [1.82, 2.24) is 0 Å². The number of anilines is 1. The second-order valence-electron chi connectivity index (χ2n) is 4.20. The van der Waals surface area contributed by atoms with E-state index < -0.39 is 0 Å². The quantitative estimate of drug-likeness (QED) is 0.814. The number of hydrogen-bond donors (Lipinski definition) is 2. The second-order valence-corrected chi connectivity index (χ2v) is 4.20. The van der Waals surface area contributed by atoms with Gasteiger partial charge in [-0.05, 0) is 37.0 Å². The molecule has 0 aliphatic carbocycles. The highest BCUT2D eigenvalue weighted by Crippen LogP contribution is 2.15. The molecule has 1 aromatic carbocycles. The number of benzene rings is 1. The molecular formula is C13H19NO2. The third-order valence-corrected chi connectivity index (χ3v) is 2.95. The summed E-state index contributed by atoms with van der Waals surface area (Å²) in [6, 6.07) is 8.84. The van der Waals surface area contributed by atoms with Gasteiger partial charge in [0.15, 0.2) is 0 Å². The summed E-state index contributed by atoms with van der Waals surface area (Å²) in [4.78, 5) is 0. The van der Waals surface area contributed by atoms with Crippen LogP contribution in [0.1, 0.15) is 18.4 Å². The summed E-state index contributed by atoms with van der Waals surface area (Å²) in [5.74, 6) is 0. The first-order valence-corrected chi connectivity index (χ1v) is 5.92. The molecule has 1 heterocycles. The highest BCUT2D eigenvalue weighted by atomic mass is 16.5. The number of rotatable bonds is 4. The molecule has 0 aromatic heterocycles. The molecule has 0 atom stereocenters. The van der Waals surface area contributed by atoms with Crippen molar-refractivity contribution in [2.75, 3.05) is 25.1 Å². The van der Waals surface area contributed by atoms with Crippen LogP contribution in [0.2, 0.25) is 0 Å². The highest BCUT2D eigenvalue weighted by Gasteiger charge is 2.12. The number of aliphatic hydroxyl groups is 1. The third kappa shape index (κ3) is 3.22. The Morgan fingerprint density at radius 3 is 2.50 bits per heavy atom. The van der Waals surface area contributed by atoms with Crippen molar-refractivity contribution in [1.29, 1.82) is 0 Å². The van der Waals surface area contributed by atoms with Crippen LogP contribution in [0.4, 0.5) is 5.69 Å². The zero-order valence-corrected chi connectivity index (χ0v) is 9.48. The summed E-state index contributed by atoms with van der Waals surface area (Å²) in [5, 5.41) is 12.3. The van der Waals surface area contributed by atoms with Gasteiger partial charge in [-0.2, -0.15) is 0 Å². The number of ether oxygens (including phenoxy) is 1. The molecule has 2 N–H and O–H groups in total. The summed E-state index contributed by atoms with van der Waals surface area (Å²) in [6.45, 7) is 1.94. The summed E-state index contributed by atoms with van der Waals surface area (Å²) in [5.41, 5.74) is 2.34. The first-order valence-electron chi connectivity index (χ1n) is 5.92. The maximum Gasteiger partial charge on any atom is 0.0485 e. The van der Waals surface area contributed by atoms with Gasteiger partial charge in [0.1, 0.15) is 0 Å². The van der Waals surface area contributed by atoms with E-state index in [1.807, 2.05) is 0 Å². The van der Waals surface area contributed by atoms with Gasteiger partial charge in [-0.1, -0.05) is 12.1 Å². The molecule has 0 bridgehead atoms. The molecule has 0 saturated carbocycles. The van der Waals surface area contributed by atoms with E-state index in [2.05, 4.69) is 29.6 Å². The van der Waals surface area contributed by atoms with Gasteiger partial charge in [0.05, 0.1) is 0 Å². The Balaban J connectivity index is 1.88. The van der Waals surface area contributed by atoms with E-state index in [-0.39, 0.29) is 6.61 Å². The first kappa shape index (κ1) is 11.4. The number of aliphatic hydroxyl groups excluding tert-OH is 1. The molecule has 0 spiro atoms. The number of nitrogens with one attached hydrogen (secondary N) is 1. The Hall–Kier alpha value is -1.06. The summed E-state index contributed by atoms with van der Waals surface area (Å²) < 4.78 is 5.32. The summed E-state index contributed by atoms with van der Waals surface area (Å²) >= 11 is 0. The molecule has 16 heavy (non-hydrogen) atoms. The fourth-order valence-electron chi connectivity index (χ4n) is 1.97. The number of hydrogen-bond acceptors (Lipinski definition) is 3. The fourth-order valence-corrected chi connectivity index (χ4v) is 1.97. The molecule has 1 aliphatic rings. The van der Waals surface area contributed by atoms with Gasteiger partial charge >= 0.3 is 0 Å². The van der Waals surface area contributed by atoms with Gasteiger partial charge < -0.3 is 15.2 Å². The average Bonchev–Trinajstić information content (AvgIpc) is 2.33. The van der Waals surface area contributed by atoms with Crippen LogP contribution in [0.5, 0.6) is 0 Å². The van der Waals surface area contributed by atoms with Crippen LogP contribution in [-0.2, 0) is 11.2 Å². The van der Waals surface area contributed by atoms with Crippen LogP contribution >= 0.6 is 0 Å². The van der Waals surface area contributed by atoms with E-state index in [9.17, 15) is 0 Å². The van der Waals surface area contributed by atoms with Gasteiger partial charge in [0.25, 0.3) is 0 Å². The Bertz CT molecular complexity index is 304. The van der Waals surface area contributed by atoms with Crippen molar-refractivity contribution < 1.29 is 9.84 Å². The Labute approximate surface area is 96.4 Å². The Morgan fingerprint density at radius 1 is 1.19 bits per heavy atom. The second kappa shape index (κ2) is 5.87. The summed E-state index contributed by atoms with van der Waals surface area (Å²) in [6.07, 6.45) is 2.90. The average molecular weight is 221 g/mol. The molecular weight excluding hydrogens is 202 g/mol. The van der Waals surface area contributed by atoms with E-state index in [0.29, 0.717) is 6.04 Å². The van der Waals surface area contributed by atoms with Crippen molar-refractivity contribution >= 4 is 5.69 Å². The van der Waals surface area contributed by atoms with Crippen LogP contribution in [0.3, 0.4) is 0 Å². The molecule has 0 amide bonds. The van der Waals surface area contributed by atoms with Gasteiger partial charge in [0.2, 0.25) is 0 Å². The standard InChI is InChI=1S/C13H19NO2/c15-8-5-11-1-3-12(4-2-11)14-13-6-9-16-10-7-13/h1-4,13-15H,5-10H2. The normalized spacial score (nSPS) is 17.3. The maximum atomic E-state index is 8.82. The molecule has 1 fully saturated rings. The van der Waals surface area contributed by atoms with Crippen molar-refractivity contribution in [3.8, 4) is 0 Å². The molecule has 1 saturated heterocycles. The van der Waals surface area contributed by atoms with Gasteiger partial charge in [-0.3, -0.25) is 0 Å². The van der Waals surface area contributed by atoms with E-state index >= 15 is 0 Å². The lowest BCUT2D eigenvalue weighted by Crippen LogP contribution is -2.27. The van der Waals surface area contributed by atoms with Crippen LogP contribution in [0, 0.1) is 0 Å². The summed E-state index contributed by atoms with van der Waals surface area (Å²) in [7, 11) is 0. The molecule has 1 aromatic rings. The monoisotopic (exact) mass is 221 g/mol. The van der Waals surface area contributed by atoms with Gasteiger partial charge in [-0.25, -0.2) is 0 Å². The van der Waals surface area contributed by atoms with Crippen LogP contribution in [-0.4, -0.2) is 31.0 Å². The van der Waals surface area contributed by atoms with Gasteiger partial charge in [0, 0.05) is 31.5 Å². The minimum atomic E-state index is 0.215. The molecule has 3 nitrogen and oxygen atoms in total. The minimum absolute atomic E-state index is 0.215. The lowest BCUT2D eigenvalue weighted by atomic mass is 10.1. The molecule has 0 radical (unpaired) electrons. The van der Waals surface area contributed by atoms with Crippen LogP contribution < -0.4 is 5.32 Å². The maximum absolute atomic E-state index is 8.82. The van der Waals surface area contributed by atoms with Crippen molar-refractivity contribution in [3.05, 3.63) is 29.8 Å². The fraction of sp³-hybridized carbons (Fsp3) is 0.538. The Kier molecular flexibility index (Phi) is 4.19. The van der Waals surface area contributed by atoms with E-state index in [1.54, 1.807) is 0 Å². The predicted octanol–water partition coefficient (Wildman–Crippen LogP) is 1.81. The van der Waals surface area contributed by atoms with Gasteiger partial charge in [-0.15, -0.1) is 0 Å². The van der Waals surface area contributed by atoms with E-state index in [1.165, 1.54) is 5.56 Å². The van der Waals surface area contributed by atoms with Crippen LogP contribution in [0.25, 0.3) is 0 Å². The zero-order chi connectivity index (χ0) is 11.2. The van der Waals surface area contributed by atoms with Crippen molar-refractivity contribution in [2.24, 2.45) is 0 Å². The SMILES string of the molecule is OCCc1ccc(NC2CCOCC2)cc1. The molecule has 3 heteroatoms. The lowest BCUT2D eigenvalue weighted by Gasteiger charge is -2.24. The third-order valence-electron chi connectivity index (χ3n) is 2.95. The van der Waals surface area contributed by atoms with E-state index in [0.717, 1.165) is 38.2 Å². The topological polar surface area (TPSA) is 41.5 Å². The molecule has 0 unspecified atom stereocenters. The molecule has 1 aliphatic heterocycles.